The van der Waals surface area contributed by atoms with Gasteiger partial charge in [0.15, 0.2) is 39.4 Å². The number of nitrogens with two attached hydrogens (primary N) is 1. The molecule has 22 nitrogen and oxygen atoms in total. The normalized spacial score (nSPS) is 15.0. The summed E-state index contributed by atoms with van der Waals surface area (Å²) >= 11 is 28.9. The van der Waals surface area contributed by atoms with Crippen LogP contribution in [0.3, 0.4) is 0 Å². The Hall–Kier alpha value is -6.53. The largest absolute Gasteiger partial charge is 0.489 e. The van der Waals surface area contributed by atoms with E-state index in [1.54, 1.807) is 23.8 Å². The van der Waals surface area contributed by atoms with Crippen LogP contribution in [0.15, 0.2) is 93.2 Å². The molecular formula is C61H71Cl5F6N7O15PS. The molecule has 4 N–H and O–H groups in total. The molecule has 35 heteroatoms. The number of benzene rings is 4. The highest BCUT2D eigenvalue weighted by molar-refractivity contribution is 7.90. The van der Waals surface area contributed by atoms with Crippen LogP contribution in [0.5, 0.6) is 5.75 Å². The minimum atomic E-state index is -4.71. The molecule has 2 aromatic heterocycles. The van der Waals surface area contributed by atoms with Crippen molar-refractivity contribution in [3.63, 3.8) is 0 Å². The number of para-hydroxylation sites is 3. The third-order valence-electron chi connectivity index (χ3n) is 14.0. The molecule has 8 rings (SSSR count). The number of rotatable bonds is 21. The fourth-order valence-electron chi connectivity index (χ4n) is 9.23. The van der Waals surface area contributed by atoms with Gasteiger partial charge in [0, 0.05) is 49.1 Å². The van der Waals surface area contributed by atoms with E-state index in [2.05, 4.69) is 23.2 Å². The molecule has 2 amide bonds. The number of carbonyl (C=O) groups excluding carboxylic acids is 4. The molecule has 0 spiro atoms. The van der Waals surface area contributed by atoms with Crippen molar-refractivity contribution < 1.29 is 92.0 Å². The lowest BCUT2D eigenvalue weighted by Crippen LogP contribution is -2.47. The predicted octanol–water partition coefficient (Wildman–Crippen LogP) is 11.9. The number of ether oxygens (including phenoxy) is 3. The Morgan fingerprint density at radius 1 is 0.958 bits per heavy atom. The Morgan fingerprint density at radius 3 is 2.14 bits per heavy atom. The lowest BCUT2D eigenvalue weighted by molar-refractivity contribution is -0.142. The zero-order chi connectivity index (χ0) is 72.5. The Balaban J connectivity index is 0.000000262. The first-order valence-electron chi connectivity index (χ1n) is 29.0. The minimum Gasteiger partial charge on any atom is -0.489 e. The van der Waals surface area contributed by atoms with Crippen molar-refractivity contribution in [3.8, 4) is 11.4 Å². The van der Waals surface area contributed by atoms with Crippen molar-refractivity contribution in [1.82, 2.24) is 19.5 Å². The van der Waals surface area contributed by atoms with Crippen LogP contribution >= 0.6 is 65.4 Å². The van der Waals surface area contributed by atoms with Crippen molar-refractivity contribution in [1.29, 1.82) is 0 Å². The second kappa shape index (κ2) is 36.3. The molecule has 96 heavy (non-hydrogen) atoms. The summed E-state index contributed by atoms with van der Waals surface area (Å²) in [5, 5.41) is 14.4. The van der Waals surface area contributed by atoms with E-state index in [1.165, 1.54) is 19.8 Å². The van der Waals surface area contributed by atoms with Gasteiger partial charge in [-0.2, -0.15) is 26.6 Å². The van der Waals surface area contributed by atoms with Gasteiger partial charge in [0.25, 0.3) is 5.91 Å². The van der Waals surface area contributed by atoms with E-state index in [-0.39, 0.29) is 99.1 Å². The van der Waals surface area contributed by atoms with E-state index in [0.717, 1.165) is 66.2 Å². The molecular weight excluding hydrogens is 1420 g/mol. The van der Waals surface area contributed by atoms with E-state index in [9.17, 15) is 68.1 Å². The number of sulfone groups is 1. The molecule has 0 bridgehead atoms. The third-order valence-corrected chi connectivity index (χ3v) is 17.5. The van der Waals surface area contributed by atoms with E-state index in [4.69, 9.17) is 92.5 Å². The van der Waals surface area contributed by atoms with Crippen LogP contribution in [0.1, 0.15) is 109 Å². The van der Waals surface area contributed by atoms with Gasteiger partial charge in [0.1, 0.15) is 41.2 Å². The summed E-state index contributed by atoms with van der Waals surface area (Å²) in [4.78, 5) is 80.9. The molecule has 3 heterocycles. The van der Waals surface area contributed by atoms with E-state index in [1.807, 2.05) is 57.2 Å². The fraction of sp³-hybridized carbons (Fsp3) is 0.443. The van der Waals surface area contributed by atoms with Gasteiger partial charge in [0.05, 0.1) is 58.9 Å². The molecule has 1 saturated carbocycles. The number of halogens is 11. The Kier molecular flexibility index (Phi) is 31.0. The van der Waals surface area contributed by atoms with Crippen LogP contribution in [0, 0.1) is 19.7 Å². The van der Waals surface area contributed by atoms with Crippen molar-refractivity contribution >= 4 is 116 Å². The van der Waals surface area contributed by atoms with Crippen molar-refractivity contribution in [2.24, 2.45) is 5.73 Å². The number of aryl methyl sites for hydroxylation is 3. The summed E-state index contributed by atoms with van der Waals surface area (Å²) in [6.07, 6.45) is -0.382. The van der Waals surface area contributed by atoms with Crippen molar-refractivity contribution in [2.75, 3.05) is 61.7 Å². The monoisotopic (exact) mass is 1490 g/mol. The molecule has 528 valence electrons. The van der Waals surface area contributed by atoms with Gasteiger partial charge in [-0.3, -0.25) is 28.5 Å². The highest BCUT2D eigenvalue weighted by Gasteiger charge is 2.37. The van der Waals surface area contributed by atoms with Crippen LogP contribution in [0.25, 0.3) is 5.69 Å². The van der Waals surface area contributed by atoms with Crippen LogP contribution in [0.2, 0.25) is 5.02 Å². The van der Waals surface area contributed by atoms with Crippen LogP contribution in [-0.2, 0) is 62.1 Å². The fourth-order valence-corrected chi connectivity index (χ4v) is 11.7. The molecule has 4 aromatic carbocycles. The summed E-state index contributed by atoms with van der Waals surface area (Å²) in [5.41, 5.74) is 6.29. The standard InChI is InChI=1S/C15H14Cl2F3N3O3.C15H22ClNO2.C15H12F3NO4S.C11H11Cl2NO2.C5H12NO4P/c1-3-26-13(24)10(17)4-8-5-12(11(18)6-9(8)16)23-15(25)22(14(19)20)7(2)21-23;1-5-13-8-6-7-11(2)15(13)17(14(18)9-16)12(3)10-19-4;1-24(21,22)12-6-9(15(16,17)18)4-5-10(12)13(20)11-7-19-23-14(11)8-2-3-8;1-7-6-16-9-5-3-2-4-8(9)14(7)11(15)10(12)13;1-11(9,10)3-2-4(6)5(7)8/h5-6,10,14H,3-4H2,1-2H3;6-8,12H,5,9-10H2,1-4H3;4-8H,2-3H2,1H3;2-5,7,10H,6H2,1H3;4H,2-3,6H2,1H3,(H,7,8)(H,9,10). The van der Waals surface area contributed by atoms with Gasteiger partial charge >= 0.3 is 30.4 Å². The van der Waals surface area contributed by atoms with Crippen LogP contribution in [-0.4, -0.2) is 148 Å². The van der Waals surface area contributed by atoms with Gasteiger partial charge in [0.2, 0.25) is 5.91 Å². The second-order valence-corrected chi connectivity index (χ2v) is 28.5. The topological polar surface area (TPSA) is 303 Å². The van der Waals surface area contributed by atoms with Crippen molar-refractivity contribution in [2.45, 2.75) is 126 Å². The number of fused-ring (bicyclic) bond motifs is 1. The van der Waals surface area contributed by atoms with E-state index < -0.39 is 85.9 Å². The number of carboxylic acids is 1. The number of amides is 2. The first kappa shape index (κ1) is 81.9. The van der Waals surface area contributed by atoms with Crippen LogP contribution in [0.4, 0.5) is 37.7 Å². The number of hydrogen-bond donors (Lipinski definition) is 3. The zero-order valence-electron chi connectivity index (χ0n) is 53.1. The van der Waals surface area contributed by atoms with Gasteiger partial charge in [-0.15, -0.1) is 28.3 Å². The molecule has 0 radical (unpaired) electrons. The number of methoxy groups -OCH3 is 1. The number of anilines is 2. The Labute approximate surface area is 574 Å². The Morgan fingerprint density at radius 2 is 1.60 bits per heavy atom. The summed E-state index contributed by atoms with van der Waals surface area (Å²) in [5.74, 6) is -3.13. The highest BCUT2D eigenvalue weighted by atomic mass is 35.5. The molecule has 6 aromatic rings. The summed E-state index contributed by atoms with van der Waals surface area (Å²) in [6, 6.07) is 16.4. The lowest BCUT2D eigenvalue weighted by atomic mass is 10.0. The molecule has 1 aliphatic carbocycles. The van der Waals surface area contributed by atoms with Gasteiger partial charge in [-0.1, -0.05) is 77.2 Å². The number of alkyl halides is 9. The maximum Gasteiger partial charge on any atom is 0.416 e. The number of aliphatic carboxylic acids is 1. The van der Waals surface area contributed by atoms with Crippen molar-refractivity contribution in [3.05, 3.63) is 145 Å². The molecule has 5 atom stereocenters. The maximum atomic E-state index is 14.2. The minimum absolute atomic E-state index is 0.0223. The Bertz CT molecular complexity index is 3930. The average Bonchev–Trinajstić information content (AvgIpc) is 1.34. The lowest BCUT2D eigenvalue weighted by Gasteiger charge is -2.35. The van der Waals surface area contributed by atoms with Gasteiger partial charge in [-0.05, 0) is 119 Å². The first-order chi connectivity index (χ1) is 44.8. The number of carbonyl (C=O) groups is 5. The van der Waals surface area contributed by atoms with E-state index in [0.29, 0.717) is 41.5 Å². The van der Waals surface area contributed by atoms with Gasteiger partial charge in [-0.25, -0.2) is 22.2 Å². The first-order valence-corrected chi connectivity index (χ1v) is 35.4. The number of esters is 1. The smallest absolute Gasteiger partial charge is 0.416 e. The SMILES string of the molecule is CC1COc2ccccc2N1C(=O)C(Cl)Cl.CCOC(=O)C(Cl)Cc1cc(-n2nc(C)n(C(F)F)c2=O)c(F)cc1Cl.CCc1cccc(C)c1N(C(=O)CCl)C(C)COC.CP(=O)(O)CCC(N)C(=O)O.CS(=O)(=O)c1cc(C(F)(F)F)ccc1C(=O)c1cnoc1C1CC1. The number of hydrogen-bond acceptors (Lipinski definition) is 16. The molecule has 1 fully saturated rings. The van der Waals surface area contributed by atoms with Gasteiger partial charge < -0.3 is 44.3 Å². The summed E-state index contributed by atoms with van der Waals surface area (Å²) in [6.45, 7) is 9.89. The molecule has 5 unspecified atom stereocenters. The van der Waals surface area contributed by atoms with E-state index >= 15 is 0 Å². The average molecular weight is 1500 g/mol. The maximum absolute atomic E-state index is 14.2. The number of nitrogens with zero attached hydrogens (tertiary/aromatic N) is 6. The summed E-state index contributed by atoms with van der Waals surface area (Å²) < 4.78 is 134. The molecule has 0 saturated heterocycles. The second-order valence-electron chi connectivity index (χ2n) is 21.7. The van der Waals surface area contributed by atoms with Crippen LogP contribution < -0.4 is 26.0 Å². The predicted molar refractivity (Wildman–Crippen MR) is 351 cm³/mol. The quantitative estimate of drug-likeness (QED) is 0.0198. The zero-order valence-corrected chi connectivity index (χ0v) is 58.6. The highest BCUT2D eigenvalue weighted by Crippen LogP contribution is 2.43. The molecule has 1 aliphatic heterocycles. The molecule has 2 aliphatic rings. The number of aromatic nitrogens is 4. The third kappa shape index (κ3) is 22.8. The number of ketones is 1. The number of carboxylic acid groups (broad SMARTS) is 1. The summed E-state index contributed by atoms with van der Waals surface area (Å²) in [7, 11) is -5.51.